The second-order valence-electron chi connectivity index (χ2n) is 0.583. The van der Waals surface area contributed by atoms with E-state index < -0.39 is 0 Å². The van der Waals surface area contributed by atoms with Crippen molar-refractivity contribution in [1.82, 2.24) is 4.72 Å². The Bertz CT molecular complexity index is 40.5. The van der Waals surface area contributed by atoms with Gasteiger partial charge in [-0.05, 0) is 0 Å². The third kappa shape index (κ3) is 3.94. The summed E-state index contributed by atoms with van der Waals surface area (Å²) in [6, 6.07) is 0. The Kier molecular flexibility index (Phi) is 4.89. The molecule has 0 aromatic heterocycles. The minimum atomic E-state index is 0.196. The van der Waals surface area contributed by atoms with Crippen molar-refractivity contribution in [2.24, 2.45) is 5.14 Å². The first-order chi connectivity index (χ1) is 2.91. The zero-order valence-electron chi connectivity index (χ0n) is 3.10. The Morgan fingerprint density at radius 3 is 2.83 bits per heavy atom. The van der Waals surface area contributed by atoms with Crippen LogP contribution in [0.5, 0.6) is 0 Å². The fraction of sp³-hybridized carbons (Fsp3) is 0.500. The van der Waals surface area contributed by atoms with Crippen LogP contribution in [-0.4, -0.2) is 12.8 Å². The molecule has 4 heteroatoms. The smallest absolute Gasteiger partial charge is 0.214 e. The quantitative estimate of drug-likeness (QED) is 0.365. The molecule has 1 radical (unpaired) electrons. The molecular weight excluding hydrogens is 100 g/mol. The molecule has 0 rings (SSSR count). The first-order valence-corrected chi connectivity index (χ1v) is 2.23. The molecule has 3 N–H and O–H groups in total. The van der Waals surface area contributed by atoms with E-state index in [2.05, 4.69) is 4.72 Å². The fourth-order valence-electron chi connectivity index (χ4n) is 0.0711. The Hall–Kier alpha value is -0.0600. The molecule has 0 saturated heterocycles. The SMILES string of the molecule is NSNC[C]=O. The summed E-state index contributed by atoms with van der Waals surface area (Å²) in [6.07, 6.45) is 1.61. The summed E-state index contributed by atoms with van der Waals surface area (Å²) < 4.78 is 2.47. The first-order valence-electron chi connectivity index (χ1n) is 1.35. The molecule has 35 valence electrons. The highest BCUT2D eigenvalue weighted by molar-refractivity contribution is 7.95. The van der Waals surface area contributed by atoms with Gasteiger partial charge in [0.15, 0.2) is 0 Å². The average molecular weight is 105 g/mol. The summed E-state index contributed by atoms with van der Waals surface area (Å²) in [5, 5.41) is 4.84. The normalized spacial score (nSPS) is 8.17. The summed E-state index contributed by atoms with van der Waals surface area (Å²) in [6.45, 7) is 0.196. The van der Waals surface area contributed by atoms with Gasteiger partial charge in [-0.15, -0.1) is 0 Å². The second-order valence-corrected chi connectivity index (χ2v) is 1.11. The van der Waals surface area contributed by atoms with E-state index in [1.807, 2.05) is 0 Å². The minimum absolute atomic E-state index is 0.196. The van der Waals surface area contributed by atoms with E-state index in [1.165, 1.54) is 0 Å². The van der Waals surface area contributed by atoms with E-state index in [-0.39, 0.29) is 6.54 Å². The summed E-state index contributed by atoms with van der Waals surface area (Å²) in [4.78, 5) is 9.31. The molecule has 0 atom stereocenters. The van der Waals surface area contributed by atoms with Gasteiger partial charge in [-0.3, -0.25) is 9.93 Å². The Morgan fingerprint density at radius 1 is 2.00 bits per heavy atom. The second kappa shape index (κ2) is 4.94. The van der Waals surface area contributed by atoms with Gasteiger partial charge < -0.3 is 0 Å². The highest BCUT2D eigenvalue weighted by Crippen LogP contribution is 1.66. The molecule has 6 heavy (non-hydrogen) atoms. The summed E-state index contributed by atoms with van der Waals surface area (Å²) in [5.41, 5.74) is 0. The molecule has 0 amide bonds. The molecule has 0 aromatic rings. The van der Waals surface area contributed by atoms with E-state index in [0.717, 1.165) is 12.1 Å². The highest BCUT2D eigenvalue weighted by Gasteiger charge is 1.73. The van der Waals surface area contributed by atoms with Crippen LogP contribution in [0.2, 0.25) is 0 Å². The molecule has 3 nitrogen and oxygen atoms in total. The lowest BCUT2D eigenvalue weighted by atomic mass is 10.8. The third-order valence-electron chi connectivity index (χ3n) is 0.228. The van der Waals surface area contributed by atoms with Crippen molar-refractivity contribution in [3.63, 3.8) is 0 Å². The number of hydrogen-bond acceptors (Lipinski definition) is 4. The lowest BCUT2D eigenvalue weighted by molar-refractivity contribution is 0.555. The summed E-state index contributed by atoms with van der Waals surface area (Å²) in [5.74, 6) is 0. The summed E-state index contributed by atoms with van der Waals surface area (Å²) in [7, 11) is 0. The predicted octanol–water partition coefficient (Wildman–Crippen LogP) is -0.792. The fourth-order valence-corrected chi connectivity index (χ4v) is 0.213. The third-order valence-corrected chi connectivity index (χ3v) is 0.539. The number of rotatable bonds is 3. The van der Waals surface area contributed by atoms with Crippen molar-refractivity contribution in [3.8, 4) is 0 Å². The van der Waals surface area contributed by atoms with Gasteiger partial charge in [0, 0.05) is 12.1 Å². The average Bonchev–Trinajstić information content (AvgIpc) is 1.61. The molecule has 0 fully saturated rings. The van der Waals surface area contributed by atoms with Gasteiger partial charge >= 0.3 is 0 Å². The Balaban J connectivity index is 2.49. The van der Waals surface area contributed by atoms with Crippen LogP contribution in [0, 0.1) is 0 Å². The first kappa shape index (κ1) is 5.94. The number of nitrogens with two attached hydrogens (primary N) is 1. The molecule has 0 aromatic carbocycles. The van der Waals surface area contributed by atoms with Gasteiger partial charge in [0.25, 0.3) is 0 Å². The monoisotopic (exact) mass is 105 g/mol. The van der Waals surface area contributed by atoms with E-state index in [9.17, 15) is 4.79 Å². The van der Waals surface area contributed by atoms with Crippen molar-refractivity contribution < 1.29 is 4.79 Å². The number of nitrogens with one attached hydrogen (secondary N) is 1. The van der Waals surface area contributed by atoms with Crippen LogP contribution in [0.3, 0.4) is 0 Å². The van der Waals surface area contributed by atoms with Crippen LogP contribution in [0.25, 0.3) is 0 Å². The van der Waals surface area contributed by atoms with Crippen LogP contribution >= 0.6 is 12.1 Å². The van der Waals surface area contributed by atoms with E-state index in [4.69, 9.17) is 5.14 Å². The number of carbonyl (C=O) groups excluding carboxylic acids is 1. The van der Waals surface area contributed by atoms with Gasteiger partial charge in [-0.2, -0.15) is 0 Å². The molecule has 0 aliphatic heterocycles. The topological polar surface area (TPSA) is 55.1 Å². The molecule has 0 aliphatic carbocycles. The van der Waals surface area contributed by atoms with Crippen LogP contribution in [-0.2, 0) is 4.79 Å². The summed E-state index contributed by atoms with van der Waals surface area (Å²) >= 11 is 0.914. The largest absolute Gasteiger partial charge is 0.289 e. The Morgan fingerprint density at radius 2 is 2.67 bits per heavy atom. The van der Waals surface area contributed by atoms with Gasteiger partial charge in [-0.25, -0.2) is 4.72 Å². The minimum Gasteiger partial charge on any atom is -0.289 e. The molecule has 0 unspecified atom stereocenters. The van der Waals surface area contributed by atoms with Crippen molar-refractivity contribution in [1.29, 1.82) is 0 Å². The van der Waals surface area contributed by atoms with E-state index in [0.29, 0.717) is 0 Å². The van der Waals surface area contributed by atoms with Gasteiger partial charge in [-0.1, -0.05) is 0 Å². The molecule has 0 bridgehead atoms. The molecule has 0 spiro atoms. The van der Waals surface area contributed by atoms with E-state index >= 15 is 0 Å². The van der Waals surface area contributed by atoms with Crippen molar-refractivity contribution >= 4 is 18.4 Å². The Labute approximate surface area is 40.5 Å². The highest BCUT2D eigenvalue weighted by atomic mass is 32.2. The molecule has 0 saturated carbocycles. The molecule has 0 aliphatic rings. The zero-order valence-corrected chi connectivity index (χ0v) is 3.92. The molecular formula is C2H5N2OS. The predicted molar refractivity (Wildman–Crippen MR) is 25.5 cm³/mol. The van der Waals surface area contributed by atoms with Crippen molar-refractivity contribution in [2.75, 3.05) is 6.54 Å². The maximum atomic E-state index is 9.31. The van der Waals surface area contributed by atoms with Crippen LogP contribution in [0.15, 0.2) is 0 Å². The van der Waals surface area contributed by atoms with Gasteiger partial charge in [0.05, 0.1) is 6.54 Å². The standard InChI is InChI=1S/C2H5N2OS/c3-6-4-1-2-5/h4H,1,3H2. The van der Waals surface area contributed by atoms with Crippen molar-refractivity contribution in [3.05, 3.63) is 0 Å². The number of hydrogen-bond donors (Lipinski definition) is 2. The van der Waals surface area contributed by atoms with Crippen LogP contribution in [0.1, 0.15) is 0 Å². The maximum absolute atomic E-state index is 9.31. The maximum Gasteiger partial charge on any atom is 0.214 e. The lowest BCUT2D eigenvalue weighted by Gasteiger charge is -1.83. The van der Waals surface area contributed by atoms with Crippen LogP contribution in [0.4, 0.5) is 0 Å². The van der Waals surface area contributed by atoms with Crippen LogP contribution < -0.4 is 9.86 Å². The lowest BCUT2D eigenvalue weighted by Crippen LogP contribution is -2.08. The van der Waals surface area contributed by atoms with E-state index in [1.54, 1.807) is 6.29 Å². The van der Waals surface area contributed by atoms with Gasteiger partial charge in [0.2, 0.25) is 6.29 Å². The van der Waals surface area contributed by atoms with Gasteiger partial charge in [0.1, 0.15) is 0 Å². The van der Waals surface area contributed by atoms with Crippen molar-refractivity contribution in [2.45, 2.75) is 0 Å². The zero-order chi connectivity index (χ0) is 4.83. The molecule has 0 heterocycles.